The molecule has 220 valence electrons. The van der Waals surface area contributed by atoms with Crippen LogP contribution in [0.3, 0.4) is 0 Å². The van der Waals surface area contributed by atoms with E-state index in [2.05, 4.69) is 54.2 Å². The highest BCUT2D eigenvalue weighted by molar-refractivity contribution is 5.69. The van der Waals surface area contributed by atoms with E-state index in [1.807, 2.05) is 12.2 Å². The molecule has 0 aliphatic carbocycles. The molecule has 0 N–H and O–H groups in total. The molecule has 0 radical (unpaired) electrons. The van der Waals surface area contributed by atoms with Crippen LogP contribution in [0, 0.1) is 0 Å². The van der Waals surface area contributed by atoms with Crippen LogP contribution < -0.4 is 0 Å². The Kier molecular flexibility index (Phi) is 18.0. The molecule has 7 heteroatoms. The summed E-state index contributed by atoms with van der Waals surface area (Å²) in [5.74, 6) is -0.464. The molecule has 1 aromatic rings. The third kappa shape index (κ3) is 13.8. The van der Waals surface area contributed by atoms with E-state index in [4.69, 9.17) is 9.47 Å². The summed E-state index contributed by atoms with van der Waals surface area (Å²) in [6.07, 6.45) is 23.3. The molecule has 40 heavy (non-hydrogen) atoms. The van der Waals surface area contributed by atoms with Crippen LogP contribution in [0.25, 0.3) is 0 Å². The highest BCUT2D eigenvalue weighted by atomic mass is 19.4. The summed E-state index contributed by atoms with van der Waals surface area (Å²) in [5.41, 5.74) is -2.69. The van der Waals surface area contributed by atoms with Crippen molar-refractivity contribution < 1.29 is 32.2 Å². The largest absolute Gasteiger partial charge is 0.469 e. The molecule has 0 spiro atoms. The average molecular weight is 561 g/mol. The van der Waals surface area contributed by atoms with Gasteiger partial charge in [0, 0.05) is 13.5 Å². The zero-order chi connectivity index (χ0) is 29.5. The lowest BCUT2D eigenvalue weighted by Gasteiger charge is -2.35. The zero-order valence-corrected chi connectivity index (χ0v) is 23.8. The third-order valence-corrected chi connectivity index (χ3v) is 5.97. The predicted molar refractivity (Wildman–Crippen MR) is 156 cm³/mol. The number of carbonyl (C=O) groups excluding carboxylic acids is 1. The van der Waals surface area contributed by atoms with Crippen LogP contribution in [0.2, 0.25) is 0 Å². The number of benzene rings is 1. The molecular formula is C33H43F3O4. The number of ether oxygens (including phenoxy) is 3. The van der Waals surface area contributed by atoms with Crippen LogP contribution in [0.5, 0.6) is 0 Å². The molecule has 0 saturated heterocycles. The molecule has 0 unspecified atom stereocenters. The maximum Gasteiger partial charge on any atom is 0.424 e. The Morgan fingerprint density at radius 2 is 1.38 bits per heavy atom. The normalized spacial score (nSPS) is 15.3. The standard InChI is InChI=1S/C33H43F3O4/c1-4-5-6-7-8-9-10-11-12-13-14-15-16-17-18-22-25-30(26-27-31(37)38-2)40-28-32(39-3,33(34,35)36)29-23-20-19-21-24-29/h5-6,8-9,11-12,14-15,17-25,30H,4,7,10,13,16,26-28H2,1-3H3/b6-5-,9-8-,12-11-,15-14-,18-17-,25-22?/t30-,32+/m0/s1. The van der Waals surface area contributed by atoms with Gasteiger partial charge in [-0.15, -0.1) is 0 Å². The lowest BCUT2D eigenvalue weighted by Crippen LogP contribution is -2.48. The molecule has 0 aromatic heterocycles. The second-order valence-corrected chi connectivity index (χ2v) is 8.91. The summed E-state index contributed by atoms with van der Waals surface area (Å²) in [6, 6.07) is 7.39. The van der Waals surface area contributed by atoms with Crippen LogP contribution in [0.4, 0.5) is 13.2 Å². The minimum Gasteiger partial charge on any atom is -0.469 e. The Labute approximate surface area is 237 Å². The van der Waals surface area contributed by atoms with E-state index in [0.717, 1.165) is 32.8 Å². The highest BCUT2D eigenvalue weighted by Gasteiger charge is 2.57. The molecule has 0 saturated carbocycles. The van der Waals surface area contributed by atoms with Gasteiger partial charge in [-0.05, 0) is 44.1 Å². The van der Waals surface area contributed by atoms with E-state index in [1.165, 1.54) is 31.4 Å². The molecule has 0 aliphatic rings. The van der Waals surface area contributed by atoms with Crippen molar-refractivity contribution in [3.05, 3.63) is 109 Å². The van der Waals surface area contributed by atoms with Gasteiger partial charge in [-0.25, -0.2) is 0 Å². The van der Waals surface area contributed by atoms with E-state index < -0.39 is 30.5 Å². The molecule has 1 aromatic carbocycles. The second-order valence-electron chi connectivity index (χ2n) is 8.91. The van der Waals surface area contributed by atoms with Gasteiger partial charge in [-0.3, -0.25) is 4.79 Å². The lowest BCUT2D eigenvalue weighted by atomic mass is 9.93. The molecule has 0 aliphatic heterocycles. The first-order valence-electron chi connectivity index (χ1n) is 13.6. The molecule has 0 heterocycles. The predicted octanol–water partition coefficient (Wildman–Crippen LogP) is 8.74. The summed E-state index contributed by atoms with van der Waals surface area (Å²) in [5, 5.41) is 0. The van der Waals surface area contributed by atoms with Crippen molar-refractivity contribution in [2.24, 2.45) is 0 Å². The number of allylic oxidation sites excluding steroid dienone is 11. The maximum atomic E-state index is 14.2. The van der Waals surface area contributed by atoms with Gasteiger partial charge in [-0.2, -0.15) is 13.2 Å². The van der Waals surface area contributed by atoms with E-state index in [-0.39, 0.29) is 18.4 Å². The molecule has 0 fully saturated rings. The van der Waals surface area contributed by atoms with Crippen LogP contribution in [-0.4, -0.2) is 39.1 Å². The summed E-state index contributed by atoms with van der Waals surface area (Å²) >= 11 is 0. The van der Waals surface area contributed by atoms with Crippen LogP contribution in [0.15, 0.2) is 103 Å². The molecule has 0 amide bonds. The van der Waals surface area contributed by atoms with Crippen molar-refractivity contribution in [3.63, 3.8) is 0 Å². The van der Waals surface area contributed by atoms with Gasteiger partial charge >= 0.3 is 12.1 Å². The molecule has 0 bridgehead atoms. The number of alkyl halides is 3. The summed E-state index contributed by atoms with van der Waals surface area (Å²) in [7, 11) is 2.28. The smallest absolute Gasteiger partial charge is 0.424 e. The number of hydrogen-bond donors (Lipinski definition) is 0. The van der Waals surface area contributed by atoms with Crippen molar-refractivity contribution in [1.82, 2.24) is 0 Å². The van der Waals surface area contributed by atoms with Crippen molar-refractivity contribution >= 4 is 5.97 Å². The first-order valence-corrected chi connectivity index (χ1v) is 13.6. The van der Waals surface area contributed by atoms with Crippen molar-refractivity contribution in [2.45, 2.75) is 69.8 Å². The Hall–Kier alpha value is -3.16. The van der Waals surface area contributed by atoms with Crippen molar-refractivity contribution in [2.75, 3.05) is 20.8 Å². The fraction of sp³-hybridized carbons (Fsp3) is 0.424. The van der Waals surface area contributed by atoms with Gasteiger partial charge in [0.05, 0.1) is 19.8 Å². The quantitative estimate of drug-likeness (QED) is 0.0964. The lowest BCUT2D eigenvalue weighted by molar-refractivity contribution is -0.293. The molecule has 2 atom stereocenters. The first kappa shape index (κ1) is 34.9. The molecular weight excluding hydrogens is 517 g/mol. The maximum absolute atomic E-state index is 14.2. The fourth-order valence-electron chi connectivity index (χ4n) is 3.65. The Balaban J connectivity index is 2.67. The SMILES string of the molecule is CC/C=C\C/C=C\C/C=C\C/C=C\C/C=C\C=C[C@@H](CCC(=O)OC)OC[C@@](OC)(c1ccccc1)C(F)(F)F. The van der Waals surface area contributed by atoms with Crippen molar-refractivity contribution in [3.8, 4) is 0 Å². The Bertz CT molecular complexity index is 991. The number of carbonyl (C=O) groups is 1. The Morgan fingerprint density at radius 3 is 1.88 bits per heavy atom. The average Bonchev–Trinajstić information content (AvgIpc) is 2.95. The monoisotopic (exact) mass is 560 g/mol. The fourth-order valence-corrected chi connectivity index (χ4v) is 3.65. The third-order valence-electron chi connectivity index (χ3n) is 5.97. The van der Waals surface area contributed by atoms with Gasteiger partial charge < -0.3 is 14.2 Å². The number of esters is 1. The molecule has 4 nitrogen and oxygen atoms in total. The molecule has 1 rings (SSSR count). The Morgan fingerprint density at radius 1 is 0.825 bits per heavy atom. The van der Waals surface area contributed by atoms with E-state index >= 15 is 0 Å². The van der Waals surface area contributed by atoms with Gasteiger partial charge in [0.15, 0.2) is 0 Å². The minimum absolute atomic E-state index is 0.00844. The second kappa shape index (κ2) is 20.7. The first-order chi connectivity index (χ1) is 19.3. The summed E-state index contributed by atoms with van der Waals surface area (Å²) < 4.78 is 57.9. The minimum atomic E-state index is -4.72. The number of hydrogen-bond acceptors (Lipinski definition) is 4. The summed E-state index contributed by atoms with van der Waals surface area (Å²) in [6.45, 7) is 1.35. The van der Waals surface area contributed by atoms with Crippen LogP contribution in [0.1, 0.15) is 57.4 Å². The van der Waals surface area contributed by atoms with Gasteiger partial charge in [0.2, 0.25) is 5.60 Å². The number of rotatable bonds is 19. The number of methoxy groups -OCH3 is 2. The number of halogens is 3. The highest BCUT2D eigenvalue weighted by Crippen LogP contribution is 2.42. The van der Waals surface area contributed by atoms with Gasteiger partial charge in [0.1, 0.15) is 0 Å². The van der Waals surface area contributed by atoms with E-state index in [0.29, 0.717) is 6.42 Å². The van der Waals surface area contributed by atoms with Crippen LogP contribution in [-0.2, 0) is 24.6 Å². The topological polar surface area (TPSA) is 44.8 Å². The van der Waals surface area contributed by atoms with Crippen LogP contribution >= 0.6 is 0 Å². The van der Waals surface area contributed by atoms with E-state index in [1.54, 1.807) is 24.3 Å². The van der Waals surface area contributed by atoms with E-state index in [9.17, 15) is 18.0 Å². The van der Waals surface area contributed by atoms with Gasteiger partial charge in [0.25, 0.3) is 0 Å². The summed E-state index contributed by atoms with van der Waals surface area (Å²) in [4.78, 5) is 11.6. The van der Waals surface area contributed by atoms with Crippen molar-refractivity contribution in [1.29, 1.82) is 0 Å². The zero-order valence-electron chi connectivity index (χ0n) is 23.8. The van der Waals surface area contributed by atoms with Gasteiger partial charge in [-0.1, -0.05) is 110 Å².